The van der Waals surface area contributed by atoms with E-state index in [0.717, 1.165) is 25.7 Å². The highest BCUT2D eigenvalue weighted by Crippen LogP contribution is 2.31. The lowest BCUT2D eigenvalue weighted by molar-refractivity contribution is 0.101. The van der Waals surface area contributed by atoms with Gasteiger partial charge in [0.2, 0.25) is 0 Å². The number of rotatable bonds is 3. The van der Waals surface area contributed by atoms with Gasteiger partial charge in [-0.15, -0.1) is 0 Å². The molecule has 1 heterocycles. The lowest BCUT2D eigenvalue weighted by Gasteiger charge is -2.24. The zero-order chi connectivity index (χ0) is 17.9. The molecule has 5 heteroatoms. The molecule has 1 aliphatic rings. The molecule has 3 aromatic rings. The van der Waals surface area contributed by atoms with Gasteiger partial charge in [0, 0.05) is 11.5 Å². The molecule has 0 radical (unpaired) electrons. The summed E-state index contributed by atoms with van der Waals surface area (Å²) in [7, 11) is 0. The van der Waals surface area contributed by atoms with Crippen LogP contribution in [0.25, 0.3) is 10.9 Å². The molecule has 0 aliphatic heterocycles. The third kappa shape index (κ3) is 3.12. The van der Waals surface area contributed by atoms with E-state index in [1.54, 1.807) is 30.3 Å². The molecule has 1 aromatic heterocycles. The summed E-state index contributed by atoms with van der Waals surface area (Å²) >= 11 is 0. The molecule has 1 amide bonds. The van der Waals surface area contributed by atoms with Gasteiger partial charge in [-0.1, -0.05) is 49.6 Å². The van der Waals surface area contributed by atoms with Crippen LogP contribution in [-0.4, -0.2) is 15.6 Å². The Hall–Kier alpha value is -2.95. The number of nitrogens with one attached hydrogen (secondary N) is 1. The Morgan fingerprint density at radius 2 is 1.65 bits per heavy atom. The first kappa shape index (κ1) is 16.5. The van der Waals surface area contributed by atoms with Crippen LogP contribution in [0.15, 0.2) is 59.4 Å². The SMILES string of the molecule is O=C(Nn1c(C2CCCCC2)nc2ccccc2c1=O)c1ccccc1. The van der Waals surface area contributed by atoms with E-state index in [-0.39, 0.29) is 17.4 Å². The fraction of sp³-hybridized carbons (Fsp3) is 0.286. The minimum absolute atomic E-state index is 0.192. The van der Waals surface area contributed by atoms with Gasteiger partial charge in [0.1, 0.15) is 5.82 Å². The number of hydrogen-bond donors (Lipinski definition) is 1. The van der Waals surface area contributed by atoms with E-state index in [2.05, 4.69) is 5.43 Å². The number of fused-ring (bicyclic) bond motifs is 1. The minimum Gasteiger partial charge on any atom is -0.267 e. The van der Waals surface area contributed by atoms with E-state index in [0.29, 0.717) is 22.3 Å². The number of hydrogen-bond acceptors (Lipinski definition) is 3. The van der Waals surface area contributed by atoms with Gasteiger partial charge < -0.3 is 0 Å². The smallest absolute Gasteiger partial charge is 0.267 e. The fourth-order valence-electron chi connectivity index (χ4n) is 3.65. The van der Waals surface area contributed by atoms with Crippen molar-refractivity contribution in [1.82, 2.24) is 9.66 Å². The Kier molecular flexibility index (Phi) is 4.52. The van der Waals surface area contributed by atoms with Crippen molar-refractivity contribution >= 4 is 16.8 Å². The Labute approximate surface area is 151 Å². The maximum absolute atomic E-state index is 13.1. The molecule has 0 saturated heterocycles. The van der Waals surface area contributed by atoms with Crippen molar-refractivity contribution in [2.24, 2.45) is 0 Å². The first-order valence-corrected chi connectivity index (χ1v) is 9.12. The van der Waals surface area contributed by atoms with Crippen LogP contribution in [0.3, 0.4) is 0 Å². The summed E-state index contributed by atoms with van der Waals surface area (Å²) in [5.41, 5.74) is 3.76. The van der Waals surface area contributed by atoms with E-state index in [1.165, 1.54) is 11.1 Å². The van der Waals surface area contributed by atoms with E-state index in [4.69, 9.17) is 4.98 Å². The number of benzene rings is 2. The van der Waals surface area contributed by atoms with E-state index < -0.39 is 0 Å². The average molecular weight is 347 g/mol. The van der Waals surface area contributed by atoms with Gasteiger partial charge in [0.15, 0.2) is 0 Å². The van der Waals surface area contributed by atoms with Crippen molar-refractivity contribution in [2.45, 2.75) is 38.0 Å². The third-order valence-corrected chi connectivity index (χ3v) is 5.02. The van der Waals surface area contributed by atoms with Crippen LogP contribution in [0.4, 0.5) is 0 Å². The summed E-state index contributed by atoms with van der Waals surface area (Å²) in [6, 6.07) is 16.2. The molecule has 0 spiro atoms. The predicted octanol–water partition coefficient (Wildman–Crippen LogP) is 3.83. The molecule has 26 heavy (non-hydrogen) atoms. The van der Waals surface area contributed by atoms with Crippen molar-refractivity contribution in [3.8, 4) is 0 Å². The summed E-state index contributed by atoms with van der Waals surface area (Å²) in [5.74, 6) is 0.552. The van der Waals surface area contributed by atoms with Gasteiger partial charge in [0.05, 0.1) is 10.9 Å². The predicted molar refractivity (Wildman–Crippen MR) is 102 cm³/mol. The molecule has 5 nitrogen and oxygen atoms in total. The number of amides is 1. The molecule has 2 aromatic carbocycles. The van der Waals surface area contributed by atoms with Crippen LogP contribution in [0.1, 0.15) is 54.2 Å². The lowest BCUT2D eigenvalue weighted by atomic mass is 9.88. The summed E-state index contributed by atoms with van der Waals surface area (Å²) < 4.78 is 1.37. The quantitative estimate of drug-likeness (QED) is 0.783. The Morgan fingerprint density at radius 3 is 2.42 bits per heavy atom. The average Bonchev–Trinajstić information content (AvgIpc) is 2.71. The van der Waals surface area contributed by atoms with Gasteiger partial charge in [-0.3, -0.25) is 15.0 Å². The zero-order valence-electron chi connectivity index (χ0n) is 14.5. The standard InChI is InChI=1S/C21H21N3O2/c25-20(16-11-5-2-6-12-16)23-24-19(15-9-3-1-4-10-15)22-18-14-8-7-13-17(18)21(24)26/h2,5-8,11-15H,1,3-4,9-10H2,(H,23,25). The minimum atomic E-state index is -0.304. The van der Waals surface area contributed by atoms with Crippen molar-refractivity contribution in [2.75, 3.05) is 5.43 Å². The fourth-order valence-corrected chi connectivity index (χ4v) is 3.65. The Morgan fingerprint density at radius 1 is 0.962 bits per heavy atom. The number of aromatic nitrogens is 2. The Balaban J connectivity index is 1.81. The molecule has 132 valence electrons. The van der Waals surface area contributed by atoms with Crippen LogP contribution in [0, 0.1) is 0 Å². The summed E-state index contributed by atoms with van der Waals surface area (Å²) in [4.78, 5) is 30.5. The van der Waals surface area contributed by atoms with Gasteiger partial charge in [-0.25, -0.2) is 9.66 Å². The highest BCUT2D eigenvalue weighted by Gasteiger charge is 2.23. The molecule has 1 fully saturated rings. The third-order valence-electron chi connectivity index (χ3n) is 5.02. The van der Waals surface area contributed by atoms with E-state index in [1.807, 2.05) is 24.3 Å². The molecule has 0 unspecified atom stereocenters. The van der Waals surface area contributed by atoms with Crippen LogP contribution < -0.4 is 11.0 Å². The van der Waals surface area contributed by atoms with Crippen molar-refractivity contribution in [3.63, 3.8) is 0 Å². The van der Waals surface area contributed by atoms with Crippen LogP contribution in [-0.2, 0) is 0 Å². The van der Waals surface area contributed by atoms with Gasteiger partial charge in [-0.2, -0.15) is 0 Å². The highest BCUT2D eigenvalue weighted by molar-refractivity contribution is 6.00. The van der Waals surface area contributed by atoms with Crippen LogP contribution >= 0.6 is 0 Å². The number of carbonyl (C=O) groups is 1. The molecule has 1 aliphatic carbocycles. The Bertz CT molecular complexity index is 989. The van der Waals surface area contributed by atoms with Crippen LogP contribution in [0.5, 0.6) is 0 Å². The molecular formula is C21H21N3O2. The summed E-state index contributed by atoms with van der Waals surface area (Å²) in [5, 5.41) is 0.514. The largest absolute Gasteiger partial charge is 0.280 e. The molecule has 0 atom stereocenters. The van der Waals surface area contributed by atoms with Gasteiger partial charge in [0.25, 0.3) is 11.5 Å². The molecule has 4 rings (SSSR count). The summed E-state index contributed by atoms with van der Waals surface area (Å²) in [6.07, 6.45) is 5.45. The maximum atomic E-state index is 13.1. The topological polar surface area (TPSA) is 64.0 Å². The molecule has 0 bridgehead atoms. The number of nitrogens with zero attached hydrogens (tertiary/aromatic N) is 2. The van der Waals surface area contributed by atoms with Crippen molar-refractivity contribution < 1.29 is 4.79 Å². The van der Waals surface area contributed by atoms with Crippen molar-refractivity contribution in [3.05, 3.63) is 76.3 Å². The summed E-state index contributed by atoms with van der Waals surface area (Å²) in [6.45, 7) is 0. The van der Waals surface area contributed by atoms with E-state index in [9.17, 15) is 9.59 Å². The maximum Gasteiger partial charge on any atom is 0.280 e. The second-order valence-electron chi connectivity index (χ2n) is 6.77. The number of para-hydroxylation sites is 1. The van der Waals surface area contributed by atoms with Gasteiger partial charge >= 0.3 is 0 Å². The zero-order valence-corrected chi connectivity index (χ0v) is 14.5. The second-order valence-corrected chi connectivity index (χ2v) is 6.77. The monoisotopic (exact) mass is 347 g/mol. The first-order valence-electron chi connectivity index (χ1n) is 9.12. The molecule has 1 N–H and O–H groups in total. The van der Waals surface area contributed by atoms with E-state index >= 15 is 0 Å². The normalized spacial score (nSPS) is 15.1. The van der Waals surface area contributed by atoms with Crippen LogP contribution in [0.2, 0.25) is 0 Å². The first-order chi connectivity index (χ1) is 12.7. The highest BCUT2D eigenvalue weighted by atomic mass is 16.2. The number of carbonyl (C=O) groups excluding carboxylic acids is 1. The molecular weight excluding hydrogens is 326 g/mol. The van der Waals surface area contributed by atoms with Crippen molar-refractivity contribution in [1.29, 1.82) is 0 Å². The molecule has 1 saturated carbocycles. The lowest BCUT2D eigenvalue weighted by Crippen LogP contribution is -2.37. The second kappa shape index (κ2) is 7.12. The van der Waals surface area contributed by atoms with Gasteiger partial charge in [-0.05, 0) is 37.1 Å².